The summed E-state index contributed by atoms with van der Waals surface area (Å²) < 4.78 is 18.2. The van der Waals surface area contributed by atoms with Gasteiger partial charge < -0.3 is 10.1 Å². The molecule has 0 saturated carbocycles. The first kappa shape index (κ1) is 15.6. The first-order valence-electron chi connectivity index (χ1n) is 6.69. The summed E-state index contributed by atoms with van der Waals surface area (Å²) in [5.74, 6) is -0.526. The molecule has 0 aliphatic carbocycles. The highest BCUT2D eigenvalue weighted by Gasteiger charge is 2.12. The van der Waals surface area contributed by atoms with Gasteiger partial charge in [0.1, 0.15) is 5.82 Å². The summed E-state index contributed by atoms with van der Waals surface area (Å²) in [5.41, 5.74) is 0.808. The SMILES string of the molecule is CCC(CC)CNCc1ccc(C(=O)OC)c(F)c1. The average Bonchev–Trinajstić information content (AvgIpc) is 2.43. The molecule has 0 bridgehead atoms. The van der Waals surface area contributed by atoms with E-state index in [1.54, 1.807) is 6.07 Å². The Hall–Kier alpha value is -1.42. The third-order valence-corrected chi connectivity index (χ3v) is 3.36. The highest BCUT2D eigenvalue weighted by Crippen LogP contribution is 2.12. The minimum atomic E-state index is -0.644. The third-order valence-electron chi connectivity index (χ3n) is 3.36. The van der Waals surface area contributed by atoms with Crippen LogP contribution >= 0.6 is 0 Å². The predicted molar refractivity (Wildman–Crippen MR) is 73.5 cm³/mol. The number of hydrogen-bond acceptors (Lipinski definition) is 3. The number of hydrogen-bond donors (Lipinski definition) is 1. The van der Waals surface area contributed by atoms with Crippen molar-refractivity contribution in [1.29, 1.82) is 0 Å². The predicted octanol–water partition coefficient (Wildman–Crippen LogP) is 3.14. The maximum Gasteiger partial charge on any atom is 0.340 e. The van der Waals surface area contributed by atoms with Gasteiger partial charge in [-0.1, -0.05) is 32.8 Å². The van der Waals surface area contributed by atoms with Gasteiger partial charge in [0.05, 0.1) is 12.7 Å². The van der Waals surface area contributed by atoms with E-state index in [0.29, 0.717) is 12.5 Å². The molecule has 1 rings (SSSR count). The normalized spacial score (nSPS) is 10.8. The molecule has 1 N–H and O–H groups in total. The van der Waals surface area contributed by atoms with E-state index < -0.39 is 11.8 Å². The summed E-state index contributed by atoms with van der Waals surface area (Å²) in [4.78, 5) is 11.2. The van der Waals surface area contributed by atoms with E-state index in [4.69, 9.17) is 0 Å². The summed E-state index contributed by atoms with van der Waals surface area (Å²) in [7, 11) is 1.24. The molecule has 19 heavy (non-hydrogen) atoms. The van der Waals surface area contributed by atoms with Crippen LogP contribution in [0.1, 0.15) is 42.6 Å². The molecule has 3 nitrogen and oxygen atoms in total. The standard InChI is InChI=1S/C15H22FNO2/c1-4-11(5-2)9-17-10-12-6-7-13(14(16)8-12)15(18)19-3/h6-8,11,17H,4-5,9-10H2,1-3H3. The van der Waals surface area contributed by atoms with Gasteiger partial charge in [0.2, 0.25) is 0 Å². The van der Waals surface area contributed by atoms with E-state index in [1.165, 1.54) is 19.2 Å². The number of esters is 1. The van der Waals surface area contributed by atoms with Crippen LogP contribution in [0.3, 0.4) is 0 Å². The number of rotatable bonds is 7. The minimum Gasteiger partial charge on any atom is -0.465 e. The highest BCUT2D eigenvalue weighted by molar-refractivity contribution is 5.89. The van der Waals surface area contributed by atoms with Crippen LogP contribution in [0.25, 0.3) is 0 Å². The van der Waals surface area contributed by atoms with Crippen molar-refractivity contribution in [3.05, 3.63) is 35.1 Å². The van der Waals surface area contributed by atoms with Gasteiger partial charge in [0.15, 0.2) is 0 Å². The molecule has 0 spiro atoms. The van der Waals surface area contributed by atoms with Crippen molar-refractivity contribution in [3.63, 3.8) is 0 Å². The Labute approximate surface area is 114 Å². The molecule has 0 radical (unpaired) electrons. The quantitative estimate of drug-likeness (QED) is 0.771. The lowest BCUT2D eigenvalue weighted by molar-refractivity contribution is 0.0595. The van der Waals surface area contributed by atoms with Crippen molar-refractivity contribution in [1.82, 2.24) is 5.32 Å². The van der Waals surface area contributed by atoms with Gasteiger partial charge >= 0.3 is 5.97 Å². The van der Waals surface area contributed by atoms with Crippen LogP contribution in [-0.2, 0) is 11.3 Å². The van der Waals surface area contributed by atoms with Crippen LogP contribution in [0.15, 0.2) is 18.2 Å². The fourth-order valence-electron chi connectivity index (χ4n) is 1.94. The topological polar surface area (TPSA) is 38.3 Å². The Morgan fingerprint density at radius 3 is 2.58 bits per heavy atom. The molecule has 0 aromatic heterocycles. The van der Waals surface area contributed by atoms with Crippen molar-refractivity contribution in [2.75, 3.05) is 13.7 Å². The van der Waals surface area contributed by atoms with Crippen molar-refractivity contribution < 1.29 is 13.9 Å². The second-order valence-corrected chi connectivity index (χ2v) is 4.62. The number of halogens is 1. The Morgan fingerprint density at radius 1 is 1.37 bits per heavy atom. The fraction of sp³-hybridized carbons (Fsp3) is 0.533. The molecule has 1 aromatic carbocycles. The van der Waals surface area contributed by atoms with Crippen LogP contribution in [0.2, 0.25) is 0 Å². The van der Waals surface area contributed by atoms with Gasteiger partial charge in [-0.05, 0) is 30.2 Å². The molecule has 0 amide bonds. The lowest BCUT2D eigenvalue weighted by Crippen LogP contribution is -2.21. The van der Waals surface area contributed by atoms with E-state index in [-0.39, 0.29) is 5.56 Å². The zero-order chi connectivity index (χ0) is 14.3. The van der Waals surface area contributed by atoms with Crippen molar-refractivity contribution in [2.45, 2.75) is 33.2 Å². The molecule has 0 heterocycles. The molecule has 0 saturated heterocycles. The number of methoxy groups -OCH3 is 1. The summed E-state index contributed by atoms with van der Waals surface area (Å²) >= 11 is 0. The Morgan fingerprint density at radius 2 is 2.05 bits per heavy atom. The Bertz CT molecular complexity index is 417. The van der Waals surface area contributed by atoms with Gasteiger partial charge in [0.25, 0.3) is 0 Å². The molecule has 0 fully saturated rings. The lowest BCUT2D eigenvalue weighted by atomic mass is 10.0. The third kappa shape index (κ3) is 4.63. The molecule has 1 aromatic rings. The molecule has 0 aliphatic heterocycles. The van der Waals surface area contributed by atoms with Crippen LogP contribution in [0.4, 0.5) is 4.39 Å². The lowest BCUT2D eigenvalue weighted by Gasteiger charge is -2.13. The van der Waals surface area contributed by atoms with Crippen LogP contribution in [0.5, 0.6) is 0 Å². The number of carbonyl (C=O) groups excluding carboxylic acids is 1. The monoisotopic (exact) mass is 267 g/mol. The van der Waals surface area contributed by atoms with Crippen LogP contribution < -0.4 is 5.32 Å². The number of carbonyl (C=O) groups is 1. The van der Waals surface area contributed by atoms with Crippen LogP contribution in [-0.4, -0.2) is 19.6 Å². The molecule has 0 unspecified atom stereocenters. The van der Waals surface area contributed by atoms with E-state index >= 15 is 0 Å². The fourth-order valence-corrected chi connectivity index (χ4v) is 1.94. The van der Waals surface area contributed by atoms with E-state index in [9.17, 15) is 9.18 Å². The molecule has 0 atom stereocenters. The maximum atomic E-state index is 13.7. The Balaban J connectivity index is 2.57. The highest BCUT2D eigenvalue weighted by atomic mass is 19.1. The smallest absolute Gasteiger partial charge is 0.340 e. The first-order valence-corrected chi connectivity index (χ1v) is 6.69. The molecule has 4 heteroatoms. The second-order valence-electron chi connectivity index (χ2n) is 4.62. The molecule has 106 valence electrons. The Kier molecular flexibility index (Phi) is 6.50. The van der Waals surface area contributed by atoms with Crippen LogP contribution in [0, 0.1) is 11.7 Å². The van der Waals surface area contributed by atoms with E-state index in [1.807, 2.05) is 0 Å². The maximum absolute atomic E-state index is 13.7. The summed E-state index contributed by atoms with van der Waals surface area (Å²) in [6.45, 7) is 5.86. The van der Waals surface area contributed by atoms with Gasteiger partial charge in [-0.15, -0.1) is 0 Å². The van der Waals surface area contributed by atoms with Crippen molar-refractivity contribution in [3.8, 4) is 0 Å². The summed E-state index contributed by atoms with van der Waals surface area (Å²) in [6, 6.07) is 4.59. The minimum absolute atomic E-state index is 0.0220. The molecule has 0 aliphatic rings. The molecular formula is C15H22FNO2. The summed E-state index contributed by atoms with van der Waals surface area (Å²) in [6.07, 6.45) is 2.28. The van der Waals surface area contributed by atoms with Crippen molar-refractivity contribution in [2.24, 2.45) is 5.92 Å². The number of nitrogens with one attached hydrogen (secondary N) is 1. The molecular weight excluding hydrogens is 245 g/mol. The van der Waals surface area contributed by atoms with Gasteiger partial charge in [-0.3, -0.25) is 0 Å². The number of benzene rings is 1. The zero-order valence-electron chi connectivity index (χ0n) is 11.8. The largest absolute Gasteiger partial charge is 0.465 e. The zero-order valence-corrected chi connectivity index (χ0v) is 11.8. The van der Waals surface area contributed by atoms with E-state index in [0.717, 1.165) is 24.9 Å². The van der Waals surface area contributed by atoms with Crippen molar-refractivity contribution >= 4 is 5.97 Å². The average molecular weight is 267 g/mol. The first-order chi connectivity index (χ1) is 9.12. The van der Waals surface area contributed by atoms with Gasteiger partial charge in [-0.25, -0.2) is 9.18 Å². The van der Waals surface area contributed by atoms with Gasteiger partial charge in [-0.2, -0.15) is 0 Å². The second kappa shape index (κ2) is 7.89. The van der Waals surface area contributed by atoms with E-state index in [2.05, 4.69) is 23.9 Å². The number of ether oxygens (including phenoxy) is 1. The summed E-state index contributed by atoms with van der Waals surface area (Å²) in [5, 5.41) is 3.31. The van der Waals surface area contributed by atoms with Gasteiger partial charge in [0, 0.05) is 6.54 Å².